The van der Waals surface area contributed by atoms with Crippen molar-refractivity contribution in [3.63, 3.8) is 0 Å². The van der Waals surface area contributed by atoms with E-state index < -0.39 is 284 Å². The van der Waals surface area contributed by atoms with Crippen molar-refractivity contribution in [1.82, 2.24) is 84.2 Å². The van der Waals surface area contributed by atoms with E-state index in [9.17, 15) is 107 Å². The van der Waals surface area contributed by atoms with Gasteiger partial charge in [0.1, 0.15) is 96.1 Å². The number of primary amides is 6. The lowest BCUT2D eigenvalue weighted by Gasteiger charge is -2.31. The number of benzene rings is 2. The summed E-state index contributed by atoms with van der Waals surface area (Å²) in [6, 6.07) is -8.92. The van der Waals surface area contributed by atoms with Crippen LogP contribution in [0.5, 0.6) is 11.5 Å². The highest BCUT2D eigenvalue weighted by molar-refractivity contribution is 7.99. The predicted molar refractivity (Wildman–Crippen MR) is 506 cm³/mol. The van der Waals surface area contributed by atoms with Crippen LogP contribution in [0.3, 0.4) is 0 Å². The van der Waals surface area contributed by atoms with E-state index in [0.717, 1.165) is 23.5 Å². The van der Waals surface area contributed by atoms with Crippen LogP contribution in [0.2, 0.25) is 0 Å². The molecule has 138 heavy (non-hydrogen) atoms. The number of hydrogen-bond donors (Lipinski definition) is 20. The largest absolute Gasteiger partial charge is 0.497 e. The third-order valence-corrected chi connectivity index (χ3v) is 25.0. The van der Waals surface area contributed by atoms with Crippen molar-refractivity contribution in [2.75, 3.05) is 63.4 Å². The molecule has 0 bridgehead atoms. The number of carbonyl (C=O) groups excluding carboxylic acids is 22. The van der Waals surface area contributed by atoms with Crippen LogP contribution in [-0.4, -0.2) is 288 Å². The summed E-state index contributed by atoms with van der Waals surface area (Å²) in [5.41, 5.74) is 32.8. The zero-order valence-electron chi connectivity index (χ0n) is 82.5. The van der Waals surface area contributed by atoms with Gasteiger partial charge in [0.15, 0.2) is 0 Å². The molecule has 16 atom stereocenters. The average molecular weight is 1980 g/mol. The van der Waals surface area contributed by atoms with Crippen molar-refractivity contribution in [2.45, 2.75) is 268 Å². The molecule has 0 aliphatic carbocycles. The molecule has 48 heteroatoms. The van der Waals surface area contributed by atoms with Crippen LogP contribution in [-0.2, 0) is 118 Å². The number of likely N-dealkylation sites (tertiary alicyclic amines) is 2. The summed E-state index contributed by atoms with van der Waals surface area (Å²) < 4.78 is 38.0. The SMILES string of the molecule is [2H]C([2H])(c1ccc(OC)cc1)[C@@H]1NC(=O)CCCSC[C@@H](C(=O)N2CCC[C@H]2C(=O)N[C@@H](CC(C)C)C(=O)NCC(N)=O)NC(=O)[C@H](CC(N)=O)NC(=O)[C@H](CCC(N)=O)NC(=O)[C@H]([C@@H](C)CC)NC1=O.[2H][C@]1([C@@H](C)CC)NC(=O)[C@H](Cc2ccc(OC)cc2)NC(=O)CCCSC[C@@H](C(=O)N2CCC[C@H]2C(=O)N[C@@H](CC(C)C)C(=O)NCC(N)=O)NC(=O)[C@H](CC(N)=O)NC(=O)[C@H](CCC(N)=O)NC1=O. The van der Waals surface area contributed by atoms with E-state index in [-0.39, 0.29) is 124 Å². The van der Waals surface area contributed by atoms with Gasteiger partial charge < -0.3 is 128 Å². The fourth-order valence-corrected chi connectivity index (χ4v) is 16.9. The van der Waals surface area contributed by atoms with Gasteiger partial charge in [-0.05, 0) is 135 Å². The molecule has 4 aliphatic rings. The summed E-state index contributed by atoms with van der Waals surface area (Å²) in [4.78, 5) is 297. The zero-order valence-corrected chi connectivity index (χ0v) is 81.1. The Labute approximate surface area is 813 Å². The Kier molecular flexibility index (Phi) is 46.9. The molecule has 4 heterocycles. The maximum atomic E-state index is 14.5. The summed E-state index contributed by atoms with van der Waals surface area (Å²) in [5.74, 6) is -20.1. The third kappa shape index (κ3) is 39.7. The molecule has 6 rings (SSSR count). The number of carbonyl (C=O) groups is 22. The summed E-state index contributed by atoms with van der Waals surface area (Å²) in [6.07, 6.45) is -4.27. The molecule has 2 aromatic carbocycles. The molecule has 22 amide bonds. The molecular weight excluding hydrogens is 1840 g/mol. The third-order valence-electron chi connectivity index (χ3n) is 22.7. The number of amides is 22. The number of nitrogens with one attached hydrogen (secondary N) is 14. The zero-order chi connectivity index (χ0) is 105. The standard InChI is InChI=1S/2C45H69N11O12S/c2*1-6-25(4)38-44(66)51-28(15-16-34(46)57)40(62)52-31(21-35(47)58)41(63)54-32(23-69-18-8-10-37(60)50-30(42(64)55-38)20-26-11-13-27(68-5)14-12-26)45(67)56-17-7-9-33(56)43(65)53-29(19-24(2)3)39(61)49-22-36(48)59/h2*11-14,24-25,28-33,38H,6-10,15-23H2,1-5H3,(H2,46,57)(H2,47,58)(H2,48,59)(H,49,61)(H,50,60)(H,51,66)(H,52,62)(H,53,65)(H,54,63)(H,55,64)/t25-,28-,29-,30-,31-,32-,33-,38+;25-,28-,29-,30-,31-,32-,33-,38-/m00/s1/i38D;20D2. The second kappa shape index (κ2) is 58.6. The first kappa shape index (κ1) is 110. The molecule has 0 unspecified atom stereocenters. The minimum Gasteiger partial charge on any atom is -0.497 e. The second-order valence-corrected chi connectivity index (χ2v) is 37.1. The van der Waals surface area contributed by atoms with Gasteiger partial charge in [-0.3, -0.25) is 105 Å². The van der Waals surface area contributed by atoms with Gasteiger partial charge in [0.25, 0.3) is 0 Å². The Morgan fingerprint density at radius 3 is 1.20 bits per heavy atom. The van der Waals surface area contributed by atoms with Gasteiger partial charge in [-0.15, -0.1) is 0 Å². The fourth-order valence-electron chi connectivity index (χ4n) is 15.0. The van der Waals surface area contributed by atoms with E-state index in [0.29, 0.717) is 29.9 Å². The first-order valence-corrected chi connectivity index (χ1v) is 48.1. The number of rotatable bonds is 36. The van der Waals surface area contributed by atoms with Gasteiger partial charge in [-0.2, -0.15) is 23.5 Å². The van der Waals surface area contributed by atoms with Crippen LogP contribution in [0.4, 0.5) is 0 Å². The van der Waals surface area contributed by atoms with Crippen LogP contribution >= 0.6 is 23.5 Å². The summed E-state index contributed by atoms with van der Waals surface area (Å²) in [7, 11) is 2.89. The number of nitrogens with zero attached hydrogens (tertiary/aromatic N) is 2. The number of ether oxygens (including phenoxy) is 2. The van der Waals surface area contributed by atoms with Crippen LogP contribution in [0.1, 0.15) is 186 Å². The Bertz CT molecular complexity index is 4780. The van der Waals surface area contributed by atoms with E-state index in [4.69, 9.17) is 46.6 Å². The van der Waals surface area contributed by atoms with Crippen LogP contribution in [0.15, 0.2) is 48.5 Å². The maximum Gasteiger partial charge on any atom is 0.246 e. The van der Waals surface area contributed by atoms with Gasteiger partial charge in [-0.25, -0.2) is 0 Å². The molecule has 4 saturated heterocycles. The molecule has 0 saturated carbocycles. The van der Waals surface area contributed by atoms with Crippen LogP contribution < -0.4 is 118 Å². The quantitative estimate of drug-likeness (QED) is 0.0304. The van der Waals surface area contributed by atoms with Gasteiger partial charge >= 0.3 is 0 Å². The van der Waals surface area contributed by atoms with Crippen molar-refractivity contribution in [1.29, 1.82) is 0 Å². The topological polar surface area (TPSA) is 725 Å². The van der Waals surface area contributed by atoms with Crippen LogP contribution in [0, 0.1) is 23.7 Å². The van der Waals surface area contributed by atoms with Crippen LogP contribution in [0.25, 0.3) is 0 Å². The summed E-state index contributed by atoms with van der Waals surface area (Å²) >= 11 is 2.27. The molecule has 0 radical (unpaired) electrons. The fraction of sp³-hybridized carbons (Fsp3) is 0.622. The highest BCUT2D eigenvalue weighted by Crippen LogP contribution is 2.26. The van der Waals surface area contributed by atoms with E-state index in [2.05, 4.69) is 74.4 Å². The monoisotopic (exact) mass is 1980 g/mol. The summed E-state index contributed by atoms with van der Waals surface area (Å²) in [5, 5.41) is 35.2. The van der Waals surface area contributed by atoms with Gasteiger partial charge in [0, 0.05) is 65.8 Å². The predicted octanol–water partition coefficient (Wildman–Crippen LogP) is -5.00. The van der Waals surface area contributed by atoms with Gasteiger partial charge in [0.2, 0.25) is 130 Å². The lowest BCUT2D eigenvalue weighted by molar-refractivity contribution is -0.142. The number of nitrogens with two attached hydrogens (primary N) is 6. The lowest BCUT2D eigenvalue weighted by Crippen LogP contribution is -2.61. The van der Waals surface area contributed by atoms with Crippen molar-refractivity contribution in [3.05, 3.63) is 59.7 Å². The highest BCUT2D eigenvalue weighted by Gasteiger charge is 2.45. The van der Waals surface area contributed by atoms with E-state index in [1.165, 1.54) is 55.2 Å². The smallest absolute Gasteiger partial charge is 0.246 e. The molecule has 4 fully saturated rings. The molecule has 26 N–H and O–H groups in total. The maximum absolute atomic E-state index is 14.5. The molecule has 2 aromatic rings. The molecule has 46 nitrogen and oxygen atoms in total. The van der Waals surface area contributed by atoms with Crippen molar-refractivity contribution in [3.8, 4) is 11.5 Å². The van der Waals surface area contributed by atoms with Crippen molar-refractivity contribution in [2.24, 2.45) is 58.1 Å². The normalized spacial score (nSPS) is 24.1. The number of hydrogen-bond acceptors (Lipinski definition) is 26. The minimum atomic E-state index is -2.59. The average Bonchev–Trinajstić information content (AvgIpc) is 1.22. The number of methoxy groups -OCH3 is 2. The lowest BCUT2D eigenvalue weighted by atomic mass is 9.96. The van der Waals surface area contributed by atoms with Gasteiger partial charge in [0.05, 0.1) is 41.5 Å². The Balaban J connectivity index is 0.000000497. The number of thioether (sulfide) groups is 2. The first-order chi connectivity index (χ1) is 66.4. The van der Waals surface area contributed by atoms with Gasteiger partial charge in [-0.1, -0.05) is 92.5 Å². The second-order valence-electron chi connectivity index (χ2n) is 34.8. The summed E-state index contributed by atoms with van der Waals surface area (Å²) in [6.45, 7) is 12.9. The van der Waals surface area contributed by atoms with Crippen molar-refractivity contribution < 1.29 is 119 Å². The highest BCUT2D eigenvalue weighted by atomic mass is 32.2. The Morgan fingerprint density at radius 2 is 0.819 bits per heavy atom. The first-order valence-electron chi connectivity index (χ1n) is 47.3. The Hall–Kier alpha value is -12.9. The van der Waals surface area contributed by atoms with E-state index >= 15 is 0 Å². The van der Waals surface area contributed by atoms with E-state index in [1.54, 1.807) is 45.0 Å². The minimum absolute atomic E-state index is 0.0152. The van der Waals surface area contributed by atoms with E-state index in [1.807, 2.05) is 27.7 Å². The molecule has 0 aromatic heterocycles. The van der Waals surface area contributed by atoms with Crippen molar-refractivity contribution >= 4 is 153 Å². The Morgan fingerprint density at radius 1 is 0.442 bits per heavy atom. The molecular formula is C90H138N22O24S2. The molecule has 4 aliphatic heterocycles. The molecule has 0 spiro atoms. The molecule has 764 valence electrons.